The Kier molecular flexibility index (Phi) is 9.62. The minimum Gasteiger partial charge on any atom is -0.497 e. The van der Waals surface area contributed by atoms with Gasteiger partial charge in [-0.15, -0.1) is 0 Å². The molecule has 39 heavy (non-hydrogen) atoms. The van der Waals surface area contributed by atoms with Crippen molar-refractivity contribution in [1.29, 1.82) is 0 Å². The van der Waals surface area contributed by atoms with Gasteiger partial charge in [0.1, 0.15) is 11.0 Å². The fourth-order valence-electron chi connectivity index (χ4n) is 3.87. The summed E-state index contributed by atoms with van der Waals surface area (Å²) in [7, 11) is 1.59. The maximum atomic E-state index is 13.4. The molecule has 1 aliphatic heterocycles. The van der Waals surface area contributed by atoms with Crippen LogP contribution >= 0.6 is 23.4 Å². The quantitative estimate of drug-likeness (QED) is 0.315. The molecule has 1 N–H and O–H groups in total. The van der Waals surface area contributed by atoms with Crippen LogP contribution in [0, 0.1) is 0 Å². The summed E-state index contributed by atoms with van der Waals surface area (Å²) in [4.78, 5) is 44.4. The summed E-state index contributed by atoms with van der Waals surface area (Å²) in [6.45, 7) is 2.43. The fourth-order valence-corrected chi connectivity index (χ4v) is 5.18. The van der Waals surface area contributed by atoms with Crippen molar-refractivity contribution in [3.05, 3.63) is 88.9 Å². The van der Waals surface area contributed by atoms with Gasteiger partial charge in [0.05, 0.1) is 25.0 Å². The molecule has 8 nitrogen and oxygen atoms in total. The van der Waals surface area contributed by atoms with Gasteiger partial charge in [0.25, 0.3) is 0 Å². The topological polar surface area (TPSA) is 97.3 Å². The van der Waals surface area contributed by atoms with Gasteiger partial charge in [-0.1, -0.05) is 35.5 Å². The van der Waals surface area contributed by atoms with Gasteiger partial charge in [0, 0.05) is 23.7 Å². The largest absolute Gasteiger partial charge is 0.497 e. The molecule has 2 amide bonds. The van der Waals surface area contributed by atoms with Crippen LogP contribution in [0.2, 0.25) is 5.02 Å². The van der Waals surface area contributed by atoms with Crippen LogP contribution in [0.4, 0.5) is 11.4 Å². The second-order valence-corrected chi connectivity index (χ2v) is 10.2. The second kappa shape index (κ2) is 13.3. The Hall–Kier alpha value is -3.82. The number of anilines is 1. The molecule has 1 atom stereocenters. The highest BCUT2D eigenvalue weighted by Gasteiger charge is 2.39. The van der Waals surface area contributed by atoms with Crippen molar-refractivity contribution in [3.8, 4) is 5.75 Å². The minimum absolute atomic E-state index is 0.0256. The molecule has 0 bridgehead atoms. The average molecular weight is 566 g/mol. The summed E-state index contributed by atoms with van der Waals surface area (Å²) >= 11 is 7.27. The summed E-state index contributed by atoms with van der Waals surface area (Å²) in [6.07, 6.45) is 0.582. The Morgan fingerprint density at radius 2 is 1.72 bits per heavy atom. The Balaban J connectivity index is 1.46. The lowest BCUT2D eigenvalue weighted by Crippen LogP contribution is -2.35. The number of nitrogens with one attached hydrogen (secondary N) is 1. The van der Waals surface area contributed by atoms with E-state index in [1.807, 2.05) is 36.4 Å². The zero-order valence-corrected chi connectivity index (χ0v) is 23.1. The van der Waals surface area contributed by atoms with E-state index in [1.54, 1.807) is 55.3 Å². The molecule has 3 aromatic rings. The first-order chi connectivity index (χ1) is 18.9. The third-order valence-electron chi connectivity index (χ3n) is 5.91. The fraction of sp³-hybridized carbons (Fsp3) is 0.241. The third-order valence-corrected chi connectivity index (χ3v) is 7.33. The Labute approximate surface area is 236 Å². The van der Waals surface area contributed by atoms with Crippen molar-refractivity contribution in [1.82, 2.24) is 4.90 Å². The van der Waals surface area contributed by atoms with E-state index in [1.165, 1.54) is 11.8 Å². The highest BCUT2D eigenvalue weighted by molar-refractivity contribution is 8.15. The number of ether oxygens (including phenoxy) is 2. The number of carbonyl (C=O) groups excluding carboxylic acids is 3. The summed E-state index contributed by atoms with van der Waals surface area (Å²) in [5.41, 5.74) is 2.63. The normalized spacial score (nSPS) is 15.9. The van der Waals surface area contributed by atoms with Crippen LogP contribution < -0.4 is 10.1 Å². The molecule has 4 rings (SSSR count). The molecule has 0 saturated carbocycles. The summed E-state index contributed by atoms with van der Waals surface area (Å²) in [6, 6.07) is 21.1. The summed E-state index contributed by atoms with van der Waals surface area (Å²) in [5, 5.41) is 3.37. The van der Waals surface area contributed by atoms with E-state index in [0.717, 1.165) is 5.56 Å². The molecule has 0 aromatic heterocycles. The zero-order valence-electron chi connectivity index (χ0n) is 21.6. The number of aliphatic imine (C=N–C) groups is 1. The molecule has 0 aliphatic carbocycles. The van der Waals surface area contributed by atoms with Crippen LogP contribution in [0.5, 0.6) is 5.75 Å². The van der Waals surface area contributed by atoms with E-state index >= 15 is 0 Å². The molecule has 1 fully saturated rings. The van der Waals surface area contributed by atoms with E-state index in [4.69, 9.17) is 26.1 Å². The highest BCUT2D eigenvalue weighted by Crippen LogP contribution is 2.32. The number of thioether (sulfide) groups is 1. The Bertz CT molecular complexity index is 1340. The first-order valence-corrected chi connectivity index (χ1v) is 13.6. The van der Waals surface area contributed by atoms with Gasteiger partial charge >= 0.3 is 5.97 Å². The molecule has 202 valence electrons. The van der Waals surface area contributed by atoms with E-state index in [9.17, 15) is 14.4 Å². The maximum Gasteiger partial charge on any atom is 0.338 e. The standard InChI is InChI=1S/C29H28ClN3O5S/c1-3-38-28(36)20-6-10-22(11-7-20)31-26(34)18-25-27(35)33(17-16-19-4-8-21(30)9-5-19)29(39-25)32-23-12-14-24(37-2)15-13-23/h4-15,25H,3,16-18H2,1-2H3,(H,31,34). The van der Waals surface area contributed by atoms with Gasteiger partial charge in [0.2, 0.25) is 11.8 Å². The van der Waals surface area contributed by atoms with Crippen LogP contribution in [0.15, 0.2) is 77.8 Å². The van der Waals surface area contributed by atoms with Gasteiger partial charge in [0.15, 0.2) is 5.17 Å². The molecule has 0 spiro atoms. The van der Waals surface area contributed by atoms with Gasteiger partial charge in [-0.2, -0.15) is 0 Å². The molecule has 0 radical (unpaired) electrons. The lowest BCUT2D eigenvalue weighted by Gasteiger charge is -2.16. The van der Waals surface area contributed by atoms with Crippen molar-refractivity contribution >= 4 is 57.7 Å². The number of rotatable bonds is 10. The molecule has 3 aromatic carbocycles. The number of halogens is 1. The first-order valence-electron chi connectivity index (χ1n) is 12.4. The lowest BCUT2D eigenvalue weighted by molar-refractivity contribution is -0.128. The van der Waals surface area contributed by atoms with E-state index in [2.05, 4.69) is 5.32 Å². The van der Waals surface area contributed by atoms with E-state index in [-0.39, 0.29) is 24.8 Å². The molecule has 1 heterocycles. The van der Waals surface area contributed by atoms with Crippen molar-refractivity contribution in [2.75, 3.05) is 25.6 Å². The number of esters is 1. The number of methoxy groups -OCH3 is 1. The van der Waals surface area contributed by atoms with E-state index in [0.29, 0.717) is 45.8 Å². The Morgan fingerprint density at radius 3 is 2.36 bits per heavy atom. The van der Waals surface area contributed by atoms with Crippen LogP contribution in [-0.4, -0.2) is 53.4 Å². The number of amides is 2. The first kappa shape index (κ1) is 28.2. The van der Waals surface area contributed by atoms with Gasteiger partial charge in [-0.3, -0.25) is 14.5 Å². The highest BCUT2D eigenvalue weighted by atomic mass is 35.5. The van der Waals surface area contributed by atoms with Crippen molar-refractivity contribution in [2.45, 2.75) is 25.0 Å². The Morgan fingerprint density at radius 1 is 1.03 bits per heavy atom. The summed E-state index contributed by atoms with van der Waals surface area (Å²) < 4.78 is 10.2. The molecule has 1 unspecified atom stereocenters. The molecule has 10 heteroatoms. The van der Waals surface area contributed by atoms with Gasteiger partial charge in [-0.25, -0.2) is 9.79 Å². The lowest BCUT2D eigenvalue weighted by atomic mass is 10.1. The van der Waals surface area contributed by atoms with Crippen LogP contribution in [0.1, 0.15) is 29.3 Å². The molecular formula is C29H28ClN3O5S. The van der Waals surface area contributed by atoms with Gasteiger partial charge < -0.3 is 14.8 Å². The van der Waals surface area contributed by atoms with Crippen molar-refractivity contribution in [3.63, 3.8) is 0 Å². The zero-order chi connectivity index (χ0) is 27.8. The van der Waals surface area contributed by atoms with Crippen molar-refractivity contribution in [2.24, 2.45) is 4.99 Å². The minimum atomic E-state index is -0.619. The SMILES string of the molecule is CCOC(=O)c1ccc(NC(=O)CC2SC(=Nc3ccc(OC)cc3)N(CCc3ccc(Cl)cc3)C2=O)cc1. The molecular weight excluding hydrogens is 538 g/mol. The van der Waals surface area contributed by atoms with Crippen LogP contribution in [0.25, 0.3) is 0 Å². The monoisotopic (exact) mass is 565 g/mol. The third kappa shape index (κ3) is 7.61. The predicted octanol–water partition coefficient (Wildman–Crippen LogP) is 5.73. The van der Waals surface area contributed by atoms with Gasteiger partial charge in [-0.05, 0) is 79.6 Å². The smallest absolute Gasteiger partial charge is 0.338 e. The number of benzene rings is 3. The molecule has 1 aliphatic rings. The second-order valence-electron chi connectivity index (χ2n) is 8.62. The van der Waals surface area contributed by atoms with E-state index < -0.39 is 11.2 Å². The maximum absolute atomic E-state index is 13.4. The summed E-state index contributed by atoms with van der Waals surface area (Å²) in [5.74, 6) is -0.202. The number of hydrogen-bond acceptors (Lipinski definition) is 7. The number of carbonyl (C=O) groups is 3. The van der Waals surface area contributed by atoms with Crippen LogP contribution in [0.3, 0.4) is 0 Å². The van der Waals surface area contributed by atoms with Crippen LogP contribution in [-0.2, 0) is 20.7 Å². The average Bonchev–Trinajstić information content (AvgIpc) is 3.22. The molecule has 1 saturated heterocycles. The van der Waals surface area contributed by atoms with Crippen molar-refractivity contribution < 1.29 is 23.9 Å². The number of nitrogens with zero attached hydrogens (tertiary/aromatic N) is 2. The number of hydrogen-bond donors (Lipinski definition) is 1. The number of amidine groups is 1. The predicted molar refractivity (Wildman–Crippen MR) is 154 cm³/mol.